The molecule has 3 amide bonds. The van der Waals surface area contributed by atoms with Crippen LogP contribution < -0.4 is 14.8 Å². The molecule has 0 radical (unpaired) electrons. The van der Waals surface area contributed by atoms with Crippen LogP contribution in [-0.2, 0) is 16.1 Å². The van der Waals surface area contributed by atoms with Crippen LogP contribution in [0.3, 0.4) is 0 Å². The van der Waals surface area contributed by atoms with E-state index in [9.17, 15) is 14.4 Å². The molecule has 0 spiro atoms. The van der Waals surface area contributed by atoms with Crippen LogP contribution in [0.1, 0.15) is 42.1 Å². The van der Waals surface area contributed by atoms with Crippen molar-refractivity contribution in [2.75, 3.05) is 14.2 Å². The SMILES string of the molecule is CC[C@@H](C)Oc1c(/C=C2/NC(=O)N(Cc3ccc(C(=O)OC)o3)C2=O)cc(Br)cc1OC. The fourth-order valence-corrected chi connectivity index (χ4v) is 3.41. The van der Waals surface area contributed by atoms with Crippen LogP contribution in [0, 0.1) is 0 Å². The number of urea groups is 1. The van der Waals surface area contributed by atoms with Crippen molar-refractivity contribution in [2.45, 2.75) is 32.9 Å². The Kier molecular flexibility index (Phi) is 7.24. The predicted molar refractivity (Wildman–Crippen MR) is 118 cm³/mol. The summed E-state index contributed by atoms with van der Waals surface area (Å²) in [6.45, 7) is 3.78. The molecule has 1 aromatic carbocycles. The Labute approximate surface area is 193 Å². The highest BCUT2D eigenvalue weighted by atomic mass is 79.9. The monoisotopic (exact) mass is 506 g/mol. The molecule has 1 aromatic heterocycles. The van der Waals surface area contributed by atoms with E-state index in [2.05, 4.69) is 26.0 Å². The number of hydrogen-bond acceptors (Lipinski definition) is 7. The summed E-state index contributed by atoms with van der Waals surface area (Å²) in [5.74, 6) is 0.0160. The van der Waals surface area contributed by atoms with Crippen molar-refractivity contribution in [3.63, 3.8) is 0 Å². The van der Waals surface area contributed by atoms with Gasteiger partial charge in [-0.05, 0) is 43.7 Å². The lowest BCUT2D eigenvalue weighted by Crippen LogP contribution is -2.30. The molecule has 9 nitrogen and oxygen atoms in total. The number of nitrogens with one attached hydrogen (secondary N) is 1. The average Bonchev–Trinajstić information content (AvgIpc) is 3.35. The van der Waals surface area contributed by atoms with Crippen molar-refractivity contribution >= 4 is 39.9 Å². The van der Waals surface area contributed by atoms with Crippen LogP contribution >= 0.6 is 15.9 Å². The summed E-state index contributed by atoms with van der Waals surface area (Å²) in [5.41, 5.74) is 0.636. The topological polar surface area (TPSA) is 107 Å². The Bertz CT molecular complexity index is 1080. The predicted octanol–water partition coefficient (Wildman–Crippen LogP) is 4.11. The molecular formula is C22H23BrN2O7. The smallest absolute Gasteiger partial charge is 0.373 e. The number of carbonyl (C=O) groups excluding carboxylic acids is 3. The number of methoxy groups -OCH3 is 2. The van der Waals surface area contributed by atoms with Gasteiger partial charge < -0.3 is 23.9 Å². The maximum atomic E-state index is 12.9. The van der Waals surface area contributed by atoms with Crippen LogP contribution in [0.25, 0.3) is 6.08 Å². The minimum atomic E-state index is -0.647. The quantitative estimate of drug-likeness (QED) is 0.326. The highest BCUT2D eigenvalue weighted by molar-refractivity contribution is 9.10. The molecule has 2 aromatic rings. The van der Waals surface area contributed by atoms with Crippen molar-refractivity contribution in [1.29, 1.82) is 0 Å². The number of nitrogens with zero attached hydrogens (tertiary/aromatic N) is 1. The zero-order valence-corrected chi connectivity index (χ0v) is 19.6. The number of benzene rings is 1. The third-order valence-corrected chi connectivity index (χ3v) is 5.24. The van der Waals surface area contributed by atoms with E-state index in [0.717, 1.165) is 15.8 Å². The van der Waals surface area contributed by atoms with Crippen molar-refractivity contribution in [2.24, 2.45) is 0 Å². The Morgan fingerprint density at radius 2 is 2.03 bits per heavy atom. The first kappa shape index (κ1) is 23.4. The molecule has 0 aliphatic carbocycles. The van der Waals surface area contributed by atoms with Crippen molar-refractivity contribution in [1.82, 2.24) is 10.2 Å². The van der Waals surface area contributed by atoms with Gasteiger partial charge in [-0.15, -0.1) is 0 Å². The molecule has 0 bridgehead atoms. The van der Waals surface area contributed by atoms with Gasteiger partial charge in [0, 0.05) is 10.0 Å². The summed E-state index contributed by atoms with van der Waals surface area (Å²) in [7, 11) is 2.76. The van der Waals surface area contributed by atoms with E-state index in [0.29, 0.717) is 17.1 Å². The fraction of sp³-hybridized carbons (Fsp3) is 0.318. The highest BCUT2D eigenvalue weighted by Gasteiger charge is 2.35. The Hall–Kier alpha value is -3.27. The van der Waals surface area contributed by atoms with Crippen LogP contribution in [0.2, 0.25) is 0 Å². The van der Waals surface area contributed by atoms with Gasteiger partial charge in [0.05, 0.1) is 26.9 Å². The van der Waals surface area contributed by atoms with E-state index < -0.39 is 17.9 Å². The van der Waals surface area contributed by atoms with Crippen molar-refractivity contribution in [3.05, 3.63) is 51.5 Å². The molecule has 170 valence electrons. The number of rotatable bonds is 8. The first-order valence-corrected chi connectivity index (χ1v) is 10.6. The number of esters is 1. The van der Waals surface area contributed by atoms with Gasteiger partial charge in [0.25, 0.3) is 5.91 Å². The minimum Gasteiger partial charge on any atom is -0.493 e. The number of ether oxygens (including phenoxy) is 3. The molecule has 1 aliphatic rings. The summed E-state index contributed by atoms with van der Waals surface area (Å²) in [6.07, 6.45) is 2.22. The van der Waals surface area contributed by atoms with Gasteiger partial charge in [-0.3, -0.25) is 9.69 Å². The van der Waals surface area contributed by atoms with E-state index in [1.807, 2.05) is 13.8 Å². The molecular weight excluding hydrogens is 484 g/mol. The summed E-state index contributed by atoms with van der Waals surface area (Å²) in [4.78, 5) is 37.9. The van der Waals surface area contributed by atoms with E-state index >= 15 is 0 Å². The van der Waals surface area contributed by atoms with Gasteiger partial charge in [-0.2, -0.15) is 0 Å². The maximum absolute atomic E-state index is 12.9. The molecule has 0 saturated carbocycles. The second-order valence-corrected chi connectivity index (χ2v) is 7.92. The number of amides is 3. The lowest BCUT2D eigenvalue weighted by molar-refractivity contribution is -0.123. The lowest BCUT2D eigenvalue weighted by Gasteiger charge is -2.18. The van der Waals surface area contributed by atoms with Gasteiger partial charge in [0.15, 0.2) is 11.5 Å². The molecule has 1 N–H and O–H groups in total. The zero-order valence-electron chi connectivity index (χ0n) is 18.1. The zero-order chi connectivity index (χ0) is 23.4. The maximum Gasteiger partial charge on any atom is 0.373 e. The first-order chi connectivity index (χ1) is 15.3. The Balaban J connectivity index is 1.89. The van der Waals surface area contributed by atoms with Crippen molar-refractivity contribution < 1.29 is 33.0 Å². The minimum absolute atomic E-state index is 0.0154. The summed E-state index contributed by atoms with van der Waals surface area (Å²) in [5, 5.41) is 2.57. The number of hydrogen-bond donors (Lipinski definition) is 1. The number of halogens is 1. The third kappa shape index (κ3) is 4.96. The van der Waals surface area contributed by atoms with Crippen molar-refractivity contribution in [3.8, 4) is 11.5 Å². The molecule has 2 heterocycles. The molecule has 3 rings (SSSR count). The second-order valence-electron chi connectivity index (χ2n) is 7.00. The van der Waals surface area contributed by atoms with E-state index in [1.165, 1.54) is 32.4 Å². The Morgan fingerprint density at radius 1 is 1.28 bits per heavy atom. The van der Waals surface area contributed by atoms with Gasteiger partial charge in [0.1, 0.15) is 11.5 Å². The molecule has 1 aliphatic heterocycles. The van der Waals surface area contributed by atoms with Crippen LogP contribution in [-0.4, -0.2) is 43.1 Å². The van der Waals surface area contributed by atoms with Gasteiger partial charge in [0.2, 0.25) is 5.76 Å². The first-order valence-electron chi connectivity index (χ1n) is 9.83. The molecule has 1 atom stereocenters. The average molecular weight is 507 g/mol. The largest absolute Gasteiger partial charge is 0.493 e. The van der Waals surface area contributed by atoms with Gasteiger partial charge in [-0.25, -0.2) is 9.59 Å². The highest BCUT2D eigenvalue weighted by Crippen LogP contribution is 2.37. The lowest BCUT2D eigenvalue weighted by atomic mass is 10.1. The fourth-order valence-electron chi connectivity index (χ4n) is 2.96. The molecule has 10 heteroatoms. The van der Waals surface area contributed by atoms with Crippen LogP contribution in [0.4, 0.5) is 4.79 Å². The van der Waals surface area contributed by atoms with Crippen LogP contribution in [0.15, 0.2) is 38.9 Å². The summed E-state index contributed by atoms with van der Waals surface area (Å²) in [6, 6.07) is 5.85. The summed E-state index contributed by atoms with van der Waals surface area (Å²) >= 11 is 3.43. The normalized spacial score (nSPS) is 15.7. The number of imide groups is 1. The van der Waals surface area contributed by atoms with Gasteiger partial charge >= 0.3 is 12.0 Å². The third-order valence-electron chi connectivity index (χ3n) is 4.79. The molecule has 32 heavy (non-hydrogen) atoms. The molecule has 1 fully saturated rings. The van der Waals surface area contributed by atoms with E-state index in [4.69, 9.17) is 13.9 Å². The second kappa shape index (κ2) is 9.90. The number of carbonyl (C=O) groups is 3. The van der Waals surface area contributed by atoms with Crippen LogP contribution in [0.5, 0.6) is 11.5 Å². The van der Waals surface area contributed by atoms with E-state index in [-0.39, 0.29) is 29.9 Å². The Morgan fingerprint density at radius 3 is 2.69 bits per heavy atom. The standard InChI is InChI=1S/C22H23BrN2O7/c1-5-12(2)31-19-13(8-14(23)10-18(19)29-3)9-16-20(26)25(22(28)24-16)11-15-6-7-17(32-15)21(27)30-4/h6-10,12H,5,11H2,1-4H3,(H,24,28)/b16-9+/t12-/m1/s1. The molecule has 1 saturated heterocycles. The number of furan rings is 1. The van der Waals surface area contributed by atoms with E-state index in [1.54, 1.807) is 12.1 Å². The molecule has 0 unspecified atom stereocenters. The van der Waals surface area contributed by atoms with Gasteiger partial charge in [-0.1, -0.05) is 22.9 Å². The summed E-state index contributed by atoms with van der Waals surface area (Å²) < 4.78 is 22.1.